The molecule has 0 radical (unpaired) electrons. The molecule has 0 saturated heterocycles. The summed E-state index contributed by atoms with van der Waals surface area (Å²) in [4.78, 5) is 0. The van der Waals surface area contributed by atoms with Gasteiger partial charge in [-0.15, -0.1) is 0 Å². The number of rotatable bonds is 0. The van der Waals surface area contributed by atoms with Crippen molar-refractivity contribution in [2.75, 3.05) is 0 Å². The van der Waals surface area contributed by atoms with Gasteiger partial charge in [-0.05, 0) is 48.9 Å². The molecule has 0 N–H and O–H groups in total. The Hall–Kier alpha value is -0.695. The van der Waals surface area contributed by atoms with Crippen LogP contribution >= 0.6 is 15.9 Å². The molecule has 1 aliphatic rings. The Bertz CT molecular complexity index is 559. The normalized spacial score (nSPS) is 20.0. The molecule has 3 rings (SSSR count). The topological polar surface area (TPSA) is 4.93 Å². The van der Waals surface area contributed by atoms with Gasteiger partial charge in [0.1, 0.15) is 0 Å². The first kappa shape index (κ1) is 10.5. The van der Waals surface area contributed by atoms with E-state index in [-0.39, 0.29) is 0 Å². The van der Waals surface area contributed by atoms with Gasteiger partial charge >= 0.3 is 0 Å². The maximum absolute atomic E-state index is 3.58. The quantitative estimate of drug-likeness (QED) is 0.652. The largest absolute Gasteiger partial charge is 0.396 e. The fourth-order valence-electron chi connectivity index (χ4n) is 2.93. The first-order chi connectivity index (χ1) is 7.66. The minimum atomic E-state index is 0.831. The Balaban J connectivity index is 2.33. The third-order valence-electron chi connectivity index (χ3n) is 3.82. The van der Waals surface area contributed by atoms with Gasteiger partial charge in [0.05, 0.1) is 0 Å². The molecule has 1 aromatic carbocycles. The smallest absolute Gasteiger partial charge is 0.223 e. The third kappa shape index (κ3) is 1.45. The fourth-order valence-corrected chi connectivity index (χ4v) is 3.29. The zero-order valence-electron chi connectivity index (χ0n) is 9.76. The van der Waals surface area contributed by atoms with Crippen LogP contribution < -0.4 is 0 Å². The van der Waals surface area contributed by atoms with Crippen LogP contribution in [0.5, 0.6) is 0 Å². The van der Waals surface area contributed by atoms with Crippen LogP contribution in [0.3, 0.4) is 0 Å². The Morgan fingerprint density at radius 1 is 1.44 bits per heavy atom. The number of hydrogen-bond acceptors (Lipinski definition) is 0. The van der Waals surface area contributed by atoms with Crippen LogP contribution in [-0.4, -0.2) is 12.5 Å². The Morgan fingerprint density at radius 2 is 2.25 bits per heavy atom. The Kier molecular flexibility index (Phi) is 2.39. The van der Waals surface area contributed by atoms with Gasteiger partial charge in [-0.25, -0.2) is 0 Å². The minimum Gasteiger partial charge on any atom is -0.396 e. The summed E-state index contributed by atoms with van der Waals surface area (Å²) in [6.07, 6.45) is 3.81. The SMILES string of the molecule is Bn1c2c(c3cc(Br)ccc31)CC(C)CC2. The van der Waals surface area contributed by atoms with Crippen LogP contribution in [0.25, 0.3) is 10.9 Å². The molecule has 2 aromatic rings. The lowest BCUT2D eigenvalue weighted by Gasteiger charge is -2.19. The zero-order chi connectivity index (χ0) is 11.3. The molecule has 1 nitrogen and oxygen atoms in total. The molecule has 0 aliphatic heterocycles. The first-order valence-corrected chi connectivity index (χ1v) is 6.72. The molecule has 0 bridgehead atoms. The number of hydrogen-bond donors (Lipinski definition) is 0. The van der Waals surface area contributed by atoms with Crippen LogP contribution in [0.1, 0.15) is 24.6 Å². The van der Waals surface area contributed by atoms with E-state index in [4.69, 9.17) is 0 Å². The Labute approximate surface area is 105 Å². The molecule has 0 saturated carbocycles. The Morgan fingerprint density at radius 3 is 3.06 bits per heavy atom. The molecule has 82 valence electrons. The summed E-state index contributed by atoms with van der Waals surface area (Å²) < 4.78 is 3.56. The van der Waals surface area contributed by atoms with Crippen molar-refractivity contribution in [3.8, 4) is 0 Å². The summed E-state index contributed by atoms with van der Waals surface area (Å²) in [5.41, 5.74) is 4.51. The van der Waals surface area contributed by atoms with E-state index in [0.717, 1.165) is 5.92 Å². The second kappa shape index (κ2) is 3.66. The summed E-state index contributed by atoms with van der Waals surface area (Å²) in [5.74, 6) is 0.831. The van der Waals surface area contributed by atoms with E-state index in [1.54, 1.807) is 11.3 Å². The molecule has 1 heterocycles. The average molecular weight is 276 g/mol. The van der Waals surface area contributed by atoms with Gasteiger partial charge < -0.3 is 4.48 Å². The van der Waals surface area contributed by atoms with Crippen molar-refractivity contribution in [2.45, 2.75) is 26.2 Å². The monoisotopic (exact) mass is 275 g/mol. The minimum absolute atomic E-state index is 0.831. The molecule has 0 amide bonds. The second-order valence-electron chi connectivity index (χ2n) is 4.99. The highest BCUT2D eigenvalue weighted by Gasteiger charge is 2.21. The van der Waals surface area contributed by atoms with E-state index >= 15 is 0 Å². The molecular weight excluding hydrogens is 261 g/mol. The zero-order valence-corrected chi connectivity index (χ0v) is 11.3. The number of benzene rings is 1. The van der Waals surface area contributed by atoms with Gasteiger partial charge in [0.25, 0.3) is 0 Å². The van der Waals surface area contributed by atoms with E-state index in [1.165, 1.54) is 34.6 Å². The first-order valence-electron chi connectivity index (χ1n) is 5.92. The molecular formula is C13H15BBrN. The third-order valence-corrected chi connectivity index (χ3v) is 4.32. The lowest BCUT2D eigenvalue weighted by atomic mass is 9.87. The van der Waals surface area contributed by atoms with Crippen molar-refractivity contribution in [2.24, 2.45) is 5.92 Å². The highest BCUT2D eigenvalue weighted by Crippen LogP contribution is 2.34. The van der Waals surface area contributed by atoms with Crippen molar-refractivity contribution in [1.82, 2.24) is 4.48 Å². The molecule has 16 heavy (non-hydrogen) atoms. The predicted octanol–water partition coefficient (Wildman–Crippen LogP) is 2.92. The van der Waals surface area contributed by atoms with Crippen molar-refractivity contribution < 1.29 is 0 Å². The standard InChI is InChI=1S/C13H15BBrN/c1-8-2-4-12-10(6-8)11-7-9(15)3-5-13(11)16(12)14/h3,5,7-8H,2,4,6,14H2,1H3. The lowest BCUT2D eigenvalue weighted by Crippen LogP contribution is -2.12. The van der Waals surface area contributed by atoms with E-state index in [0.29, 0.717) is 0 Å². The van der Waals surface area contributed by atoms with Crippen molar-refractivity contribution in [3.63, 3.8) is 0 Å². The van der Waals surface area contributed by atoms with Crippen molar-refractivity contribution >= 4 is 34.8 Å². The molecule has 3 heteroatoms. The highest BCUT2D eigenvalue weighted by atomic mass is 79.9. The van der Waals surface area contributed by atoms with Crippen LogP contribution in [-0.2, 0) is 12.8 Å². The van der Waals surface area contributed by atoms with E-state index in [2.05, 4.69) is 53.5 Å². The fraction of sp³-hybridized carbons (Fsp3) is 0.385. The molecule has 0 fully saturated rings. The van der Waals surface area contributed by atoms with E-state index < -0.39 is 0 Å². The maximum atomic E-state index is 3.58. The summed E-state index contributed by atoms with van der Waals surface area (Å²) in [6.45, 7) is 2.36. The molecule has 1 unspecified atom stereocenters. The van der Waals surface area contributed by atoms with Gasteiger partial charge in [0, 0.05) is 21.1 Å². The summed E-state index contributed by atoms with van der Waals surface area (Å²) >= 11 is 3.58. The van der Waals surface area contributed by atoms with Gasteiger partial charge in [0.2, 0.25) is 7.98 Å². The van der Waals surface area contributed by atoms with Crippen LogP contribution in [0.15, 0.2) is 22.7 Å². The molecule has 0 spiro atoms. The predicted molar refractivity (Wildman–Crippen MR) is 74.8 cm³/mol. The number of fused-ring (bicyclic) bond motifs is 3. The van der Waals surface area contributed by atoms with E-state index in [1.807, 2.05) is 0 Å². The van der Waals surface area contributed by atoms with Gasteiger partial charge in [-0.3, -0.25) is 0 Å². The summed E-state index contributed by atoms with van der Waals surface area (Å²) in [7, 11) is 2.20. The molecule has 1 aliphatic carbocycles. The highest BCUT2D eigenvalue weighted by molar-refractivity contribution is 9.10. The summed E-state index contributed by atoms with van der Waals surface area (Å²) in [6, 6.07) is 6.63. The van der Waals surface area contributed by atoms with Crippen LogP contribution in [0, 0.1) is 5.92 Å². The van der Waals surface area contributed by atoms with Crippen LogP contribution in [0.4, 0.5) is 0 Å². The average Bonchev–Trinajstić information content (AvgIpc) is 2.52. The number of halogens is 1. The van der Waals surface area contributed by atoms with Gasteiger partial charge in [-0.1, -0.05) is 22.9 Å². The number of aromatic nitrogens is 1. The second-order valence-corrected chi connectivity index (χ2v) is 5.91. The summed E-state index contributed by atoms with van der Waals surface area (Å²) in [5, 5.41) is 1.44. The van der Waals surface area contributed by atoms with Gasteiger partial charge in [0.15, 0.2) is 0 Å². The van der Waals surface area contributed by atoms with Crippen molar-refractivity contribution in [3.05, 3.63) is 33.9 Å². The van der Waals surface area contributed by atoms with Gasteiger partial charge in [-0.2, -0.15) is 0 Å². The lowest BCUT2D eigenvalue weighted by molar-refractivity contribution is 0.497. The molecule has 1 atom stereocenters. The number of nitrogens with zero attached hydrogens (tertiary/aromatic N) is 1. The maximum Gasteiger partial charge on any atom is 0.223 e. The van der Waals surface area contributed by atoms with Crippen LogP contribution in [0.2, 0.25) is 0 Å². The molecule has 1 aromatic heterocycles. The van der Waals surface area contributed by atoms with Crippen molar-refractivity contribution in [1.29, 1.82) is 0 Å². The van der Waals surface area contributed by atoms with E-state index in [9.17, 15) is 0 Å².